The van der Waals surface area contributed by atoms with Crippen molar-refractivity contribution in [2.45, 2.75) is 19.9 Å². The Balaban J connectivity index is 2.29. The van der Waals surface area contributed by atoms with E-state index in [4.69, 9.17) is 0 Å². The fourth-order valence-electron chi connectivity index (χ4n) is 1.62. The average Bonchev–Trinajstić information content (AvgIpc) is 2.71. The van der Waals surface area contributed by atoms with Crippen LogP contribution in [0.4, 0.5) is 4.79 Å². The summed E-state index contributed by atoms with van der Waals surface area (Å²) in [5, 5.41) is 8.93. The molecule has 1 heterocycles. The molecule has 0 bridgehead atoms. The van der Waals surface area contributed by atoms with Gasteiger partial charge in [-0.15, -0.1) is 0 Å². The molecule has 0 aliphatic heterocycles. The lowest BCUT2D eigenvalue weighted by Gasteiger charge is -2.14. The summed E-state index contributed by atoms with van der Waals surface area (Å²) < 4.78 is 1.71. The van der Waals surface area contributed by atoms with Crippen molar-refractivity contribution in [3.63, 3.8) is 0 Å². The molecular formula is C12H21N5O2. The Morgan fingerprint density at radius 2 is 2.21 bits per heavy atom. The highest BCUT2D eigenvalue weighted by molar-refractivity contribution is 5.95. The third-order valence-electron chi connectivity index (χ3n) is 2.41. The summed E-state index contributed by atoms with van der Waals surface area (Å²) in [5.41, 5.74) is 1.02. The van der Waals surface area contributed by atoms with Crippen molar-refractivity contribution in [2.75, 3.05) is 20.1 Å². The van der Waals surface area contributed by atoms with E-state index in [1.807, 2.05) is 32.1 Å². The van der Waals surface area contributed by atoms with Gasteiger partial charge in [-0.2, -0.15) is 5.10 Å². The molecule has 0 saturated heterocycles. The number of aromatic nitrogens is 2. The number of hydrogen-bond acceptors (Lipinski definition) is 4. The smallest absolute Gasteiger partial charge is 0.321 e. The molecular weight excluding hydrogens is 246 g/mol. The maximum absolute atomic E-state index is 11.6. The van der Waals surface area contributed by atoms with Crippen LogP contribution in [0.5, 0.6) is 0 Å². The molecule has 0 atom stereocenters. The first-order chi connectivity index (χ1) is 9.01. The van der Waals surface area contributed by atoms with E-state index in [0.29, 0.717) is 13.1 Å². The van der Waals surface area contributed by atoms with Gasteiger partial charge in [-0.25, -0.2) is 4.79 Å². The summed E-state index contributed by atoms with van der Waals surface area (Å²) in [6.07, 6.45) is 4.48. The minimum absolute atomic E-state index is 0.161. The number of aryl methyl sites for hydroxylation is 1. The zero-order valence-electron chi connectivity index (χ0n) is 11.6. The number of likely N-dealkylation sites (N-methyl/N-ethyl adjacent to an activating group) is 1. The molecule has 0 aliphatic rings. The van der Waals surface area contributed by atoms with Gasteiger partial charge in [-0.3, -0.25) is 19.7 Å². The zero-order chi connectivity index (χ0) is 14.3. The second-order valence-corrected chi connectivity index (χ2v) is 4.50. The third-order valence-corrected chi connectivity index (χ3v) is 2.41. The van der Waals surface area contributed by atoms with E-state index < -0.39 is 6.03 Å². The van der Waals surface area contributed by atoms with Crippen molar-refractivity contribution in [1.29, 1.82) is 0 Å². The van der Waals surface area contributed by atoms with Crippen molar-refractivity contribution >= 4 is 11.9 Å². The van der Waals surface area contributed by atoms with Gasteiger partial charge in [-0.05, 0) is 13.5 Å². The van der Waals surface area contributed by atoms with E-state index in [1.165, 1.54) is 0 Å². The van der Waals surface area contributed by atoms with Crippen molar-refractivity contribution in [2.24, 2.45) is 7.05 Å². The van der Waals surface area contributed by atoms with Crippen LogP contribution >= 0.6 is 0 Å². The lowest BCUT2D eigenvalue weighted by atomic mass is 10.3. The number of amides is 3. The van der Waals surface area contributed by atoms with Crippen LogP contribution in [0, 0.1) is 0 Å². The zero-order valence-corrected chi connectivity index (χ0v) is 11.6. The first-order valence-corrected chi connectivity index (χ1v) is 6.25. The van der Waals surface area contributed by atoms with Gasteiger partial charge < -0.3 is 5.32 Å². The molecule has 0 spiro atoms. The second-order valence-electron chi connectivity index (χ2n) is 4.50. The number of nitrogens with one attached hydrogen (secondary N) is 2. The maximum atomic E-state index is 11.6. The molecule has 2 N–H and O–H groups in total. The van der Waals surface area contributed by atoms with E-state index in [2.05, 4.69) is 15.7 Å². The molecule has 0 radical (unpaired) electrons. The number of hydrogen-bond donors (Lipinski definition) is 2. The summed E-state index contributed by atoms with van der Waals surface area (Å²) in [6.45, 7) is 3.28. The van der Waals surface area contributed by atoms with E-state index in [-0.39, 0.29) is 12.5 Å². The topological polar surface area (TPSA) is 79.3 Å². The molecule has 7 heteroatoms. The van der Waals surface area contributed by atoms with Gasteiger partial charge in [0.2, 0.25) is 5.91 Å². The van der Waals surface area contributed by atoms with Crippen molar-refractivity contribution in [3.8, 4) is 0 Å². The van der Waals surface area contributed by atoms with Crippen LogP contribution in [0.25, 0.3) is 0 Å². The van der Waals surface area contributed by atoms with Crippen LogP contribution in [0.15, 0.2) is 12.4 Å². The highest BCUT2D eigenvalue weighted by atomic mass is 16.2. The Bertz CT molecular complexity index is 430. The molecule has 19 heavy (non-hydrogen) atoms. The van der Waals surface area contributed by atoms with Crippen molar-refractivity contribution in [1.82, 2.24) is 25.3 Å². The van der Waals surface area contributed by atoms with Crippen molar-refractivity contribution in [3.05, 3.63) is 18.0 Å². The molecule has 0 aromatic carbocycles. The molecule has 0 fully saturated rings. The van der Waals surface area contributed by atoms with Gasteiger partial charge in [0.05, 0.1) is 12.7 Å². The SMILES string of the molecule is CCCNC(=O)NC(=O)CN(C)Cc1cnn(C)c1. The Labute approximate surface area is 113 Å². The number of imide groups is 1. The van der Waals surface area contributed by atoms with E-state index in [9.17, 15) is 9.59 Å². The van der Waals surface area contributed by atoms with Gasteiger partial charge >= 0.3 is 6.03 Å². The molecule has 3 amide bonds. The summed E-state index contributed by atoms with van der Waals surface area (Å²) >= 11 is 0. The Morgan fingerprint density at radius 1 is 1.47 bits per heavy atom. The van der Waals surface area contributed by atoms with Crippen LogP contribution in [0.2, 0.25) is 0 Å². The largest absolute Gasteiger partial charge is 0.338 e. The average molecular weight is 267 g/mol. The first kappa shape index (κ1) is 15.2. The predicted molar refractivity (Wildman–Crippen MR) is 71.4 cm³/mol. The monoisotopic (exact) mass is 267 g/mol. The predicted octanol–water partition coefficient (Wildman–Crippen LogP) is 0.0877. The fourth-order valence-corrected chi connectivity index (χ4v) is 1.62. The first-order valence-electron chi connectivity index (χ1n) is 6.25. The van der Waals surface area contributed by atoms with Crippen LogP contribution in [-0.4, -0.2) is 46.8 Å². The number of nitrogens with zero attached hydrogens (tertiary/aromatic N) is 3. The number of rotatable bonds is 6. The second kappa shape index (κ2) is 7.52. The lowest BCUT2D eigenvalue weighted by Crippen LogP contribution is -2.43. The molecule has 0 unspecified atom stereocenters. The molecule has 0 saturated carbocycles. The molecule has 0 aliphatic carbocycles. The Morgan fingerprint density at radius 3 is 2.79 bits per heavy atom. The summed E-state index contributed by atoms with van der Waals surface area (Å²) in [7, 11) is 3.66. The fraction of sp³-hybridized carbons (Fsp3) is 0.583. The third kappa shape index (κ3) is 6.01. The Kier molecular flexibility index (Phi) is 6.01. The van der Waals surface area contributed by atoms with Crippen molar-refractivity contribution < 1.29 is 9.59 Å². The Hall–Kier alpha value is -1.89. The molecule has 1 aromatic rings. The minimum atomic E-state index is -0.443. The standard InChI is InChI=1S/C12H21N5O2/c1-4-5-13-12(19)15-11(18)9-16(2)7-10-6-14-17(3)8-10/h6,8H,4-5,7,9H2,1-3H3,(H2,13,15,18,19). The van der Waals surface area contributed by atoms with E-state index in [0.717, 1.165) is 12.0 Å². The quantitative estimate of drug-likeness (QED) is 0.765. The highest BCUT2D eigenvalue weighted by Crippen LogP contribution is 2.00. The lowest BCUT2D eigenvalue weighted by molar-refractivity contribution is -0.120. The van der Waals surface area contributed by atoms with Crippen LogP contribution in [-0.2, 0) is 18.4 Å². The molecule has 1 rings (SSSR count). The van der Waals surface area contributed by atoms with Gasteiger partial charge in [0, 0.05) is 31.9 Å². The van der Waals surface area contributed by atoms with Gasteiger partial charge in [0.25, 0.3) is 0 Å². The molecule has 1 aromatic heterocycles. The van der Waals surface area contributed by atoms with Crippen LogP contribution < -0.4 is 10.6 Å². The van der Waals surface area contributed by atoms with E-state index in [1.54, 1.807) is 10.9 Å². The van der Waals surface area contributed by atoms with E-state index >= 15 is 0 Å². The normalized spacial score (nSPS) is 10.5. The van der Waals surface area contributed by atoms with Crippen LogP contribution in [0.3, 0.4) is 0 Å². The highest BCUT2D eigenvalue weighted by Gasteiger charge is 2.10. The maximum Gasteiger partial charge on any atom is 0.321 e. The van der Waals surface area contributed by atoms with Gasteiger partial charge in [0.15, 0.2) is 0 Å². The molecule has 106 valence electrons. The summed E-state index contributed by atoms with van der Waals surface area (Å²) in [5.74, 6) is -0.319. The van der Waals surface area contributed by atoms with Crippen LogP contribution in [0.1, 0.15) is 18.9 Å². The number of urea groups is 1. The summed E-state index contributed by atoms with van der Waals surface area (Å²) in [6, 6.07) is -0.443. The van der Waals surface area contributed by atoms with Gasteiger partial charge in [-0.1, -0.05) is 6.92 Å². The number of carbonyl (C=O) groups excluding carboxylic acids is 2. The summed E-state index contributed by atoms with van der Waals surface area (Å²) in [4.78, 5) is 24.7. The molecule has 7 nitrogen and oxygen atoms in total. The van der Waals surface area contributed by atoms with Gasteiger partial charge in [0.1, 0.15) is 0 Å². The number of carbonyl (C=O) groups is 2. The minimum Gasteiger partial charge on any atom is -0.338 e.